The number of fused-ring (bicyclic) bond motifs is 1. The maximum atomic E-state index is 12.7. The second kappa shape index (κ2) is 8.64. The number of ether oxygens (including phenoxy) is 1. The number of amides is 1. The molecule has 2 aromatic heterocycles. The van der Waals surface area contributed by atoms with Crippen LogP contribution >= 0.6 is 22.9 Å². The molecular weight excluding hydrogens is 424 g/mol. The van der Waals surface area contributed by atoms with Gasteiger partial charge < -0.3 is 14.6 Å². The summed E-state index contributed by atoms with van der Waals surface area (Å²) in [5, 5.41) is 3.52. The third kappa shape index (κ3) is 4.50. The van der Waals surface area contributed by atoms with Crippen LogP contribution in [0.25, 0.3) is 10.9 Å². The minimum atomic E-state index is -0.264. The zero-order valence-corrected chi connectivity index (χ0v) is 17.5. The van der Waals surface area contributed by atoms with Crippen molar-refractivity contribution in [3.63, 3.8) is 0 Å². The highest BCUT2D eigenvalue weighted by molar-refractivity contribution is 7.09. The lowest BCUT2D eigenvalue weighted by Crippen LogP contribution is -2.28. The fourth-order valence-electron chi connectivity index (χ4n) is 2.85. The molecule has 152 valence electrons. The van der Waals surface area contributed by atoms with Crippen molar-refractivity contribution < 1.29 is 9.53 Å². The van der Waals surface area contributed by atoms with Crippen LogP contribution in [0.3, 0.4) is 0 Å². The van der Waals surface area contributed by atoms with Crippen molar-refractivity contribution >= 4 is 39.7 Å². The first kappa shape index (κ1) is 20.1. The minimum absolute atomic E-state index is 0.160. The maximum absolute atomic E-state index is 12.7. The SMILES string of the molecule is CN(Cc1nc2ccccc2c(=O)[nH]1)C(=O)c1csc(COc2ccc(Cl)cc2)n1. The summed E-state index contributed by atoms with van der Waals surface area (Å²) in [6.07, 6.45) is 0. The van der Waals surface area contributed by atoms with Gasteiger partial charge in [0.2, 0.25) is 0 Å². The number of thiazole rings is 1. The molecule has 0 bridgehead atoms. The van der Waals surface area contributed by atoms with Gasteiger partial charge in [0, 0.05) is 17.5 Å². The Morgan fingerprint density at radius 3 is 2.73 bits per heavy atom. The Kier molecular flexibility index (Phi) is 5.78. The van der Waals surface area contributed by atoms with Crippen molar-refractivity contribution in [3.05, 3.63) is 85.8 Å². The fourth-order valence-corrected chi connectivity index (χ4v) is 3.66. The Morgan fingerprint density at radius 1 is 1.17 bits per heavy atom. The van der Waals surface area contributed by atoms with E-state index in [9.17, 15) is 9.59 Å². The molecule has 1 amide bonds. The van der Waals surface area contributed by atoms with Gasteiger partial charge in [0.1, 0.15) is 28.9 Å². The summed E-state index contributed by atoms with van der Waals surface area (Å²) in [6, 6.07) is 14.1. The number of carbonyl (C=O) groups is 1. The molecule has 0 aliphatic rings. The topological polar surface area (TPSA) is 88.2 Å². The van der Waals surface area contributed by atoms with Gasteiger partial charge in [-0.05, 0) is 36.4 Å². The first-order valence-corrected chi connectivity index (χ1v) is 10.3. The summed E-state index contributed by atoms with van der Waals surface area (Å²) in [7, 11) is 1.64. The van der Waals surface area contributed by atoms with Crippen molar-refractivity contribution in [2.75, 3.05) is 7.05 Å². The average molecular weight is 441 g/mol. The fraction of sp³-hybridized carbons (Fsp3) is 0.143. The van der Waals surface area contributed by atoms with Crippen LogP contribution in [0.1, 0.15) is 21.3 Å². The van der Waals surface area contributed by atoms with Crippen LogP contribution in [0.4, 0.5) is 0 Å². The number of nitrogens with one attached hydrogen (secondary N) is 1. The van der Waals surface area contributed by atoms with Gasteiger partial charge in [0.05, 0.1) is 17.4 Å². The second-order valence-electron chi connectivity index (χ2n) is 6.56. The molecule has 0 fully saturated rings. The van der Waals surface area contributed by atoms with Crippen LogP contribution in [0, 0.1) is 0 Å². The molecule has 4 rings (SSSR count). The molecule has 0 spiro atoms. The summed E-state index contributed by atoms with van der Waals surface area (Å²) >= 11 is 7.21. The smallest absolute Gasteiger partial charge is 0.273 e. The molecular formula is C21H17ClN4O3S. The molecule has 0 aliphatic carbocycles. The lowest BCUT2D eigenvalue weighted by Gasteiger charge is -2.15. The zero-order chi connectivity index (χ0) is 21.1. The number of hydrogen-bond donors (Lipinski definition) is 1. The largest absolute Gasteiger partial charge is 0.486 e. The van der Waals surface area contributed by atoms with E-state index < -0.39 is 0 Å². The molecule has 1 N–H and O–H groups in total. The standard InChI is InChI=1S/C21H17ClN4O3S/c1-26(10-18-23-16-5-3-2-4-15(16)20(27)25-18)21(28)17-12-30-19(24-17)11-29-14-8-6-13(22)7-9-14/h2-9,12H,10-11H2,1H3,(H,23,25,27). The number of benzene rings is 2. The van der Waals surface area contributed by atoms with Gasteiger partial charge >= 0.3 is 0 Å². The molecule has 0 atom stereocenters. The summed E-state index contributed by atoms with van der Waals surface area (Å²) in [5.41, 5.74) is 0.680. The van der Waals surface area contributed by atoms with Crippen LogP contribution in [-0.4, -0.2) is 32.8 Å². The van der Waals surface area contributed by atoms with E-state index in [4.69, 9.17) is 16.3 Å². The van der Waals surface area contributed by atoms with Crippen LogP contribution in [0.15, 0.2) is 58.7 Å². The van der Waals surface area contributed by atoms with Crippen LogP contribution in [0.2, 0.25) is 5.02 Å². The van der Waals surface area contributed by atoms with Gasteiger partial charge in [0.15, 0.2) is 0 Å². The van der Waals surface area contributed by atoms with E-state index in [0.717, 1.165) is 0 Å². The van der Waals surface area contributed by atoms with Crippen molar-refractivity contribution in [1.29, 1.82) is 0 Å². The highest BCUT2D eigenvalue weighted by atomic mass is 35.5. The van der Waals surface area contributed by atoms with Gasteiger partial charge in [-0.25, -0.2) is 9.97 Å². The van der Waals surface area contributed by atoms with Crippen LogP contribution < -0.4 is 10.3 Å². The number of para-hydroxylation sites is 1. The van der Waals surface area contributed by atoms with Gasteiger partial charge in [-0.1, -0.05) is 23.7 Å². The van der Waals surface area contributed by atoms with E-state index in [0.29, 0.717) is 38.2 Å². The van der Waals surface area contributed by atoms with E-state index in [1.165, 1.54) is 16.2 Å². The number of rotatable bonds is 6. The highest BCUT2D eigenvalue weighted by Crippen LogP contribution is 2.19. The summed E-state index contributed by atoms with van der Waals surface area (Å²) in [5.74, 6) is 0.821. The lowest BCUT2D eigenvalue weighted by molar-refractivity contribution is 0.0776. The quantitative estimate of drug-likeness (QED) is 0.491. The predicted octanol–water partition coefficient (Wildman–Crippen LogP) is 3.88. The van der Waals surface area contributed by atoms with Gasteiger partial charge in [-0.15, -0.1) is 11.3 Å². The molecule has 0 saturated carbocycles. The van der Waals surface area contributed by atoms with Crippen molar-refractivity contribution in [3.8, 4) is 5.75 Å². The molecule has 0 saturated heterocycles. The summed E-state index contributed by atoms with van der Waals surface area (Å²) in [6.45, 7) is 0.413. The van der Waals surface area contributed by atoms with E-state index in [-0.39, 0.29) is 24.6 Å². The molecule has 0 radical (unpaired) electrons. The Morgan fingerprint density at radius 2 is 1.93 bits per heavy atom. The number of carbonyl (C=O) groups excluding carboxylic acids is 1. The Bertz CT molecular complexity index is 1250. The molecule has 4 aromatic rings. The van der Waals surface area contributed by atoms with E-state index >= 15 is 0 Å². The van der Waals surface area contributed by atoms with Crippen molar-refractivity contribution in [2.45, 2.75) is 13.2 Å². The van der Waals surface area contributed by atoms with Crippen molar-refractivity contribution in [2.24, 2.45) is 0 Å². The van der Waals surface area contributed by atoms with E-state index in [2.05, 4.69) is 15.0 Å². The summed E-state index contributed by atoms with van der Waals surface area (Å²) in [4.78, 5) is 37.9. The monoisotopic (exact) mass is 440 g/mol. The third-order valence-electron chi connectivity index (χ3n) is 4.34. The third-order valence-corrected chi connectivity index (χ3v) is 5.42. The van der Waals surface area contributed by atoms with Gasteiger partial charge in [0.25, 0.3) is 11.5 Å². The number of aromatic nitrogens is 3. The number of nitrogens with zero attached hydrogens (tertiary/aromatic N) is 3. The highest BCUT2D eigenvalue weighted by Gasteiger charge is 2.17. The maximum Gasteiger partial charge on any atom is 0.273 e. The second-order valence-corrected chi connectivity index (χ2v) is 7.94. The van der Waals surface area contributed by atoms with Gasteiger partial charge in [-0.2, -0.15) is 0 Å². The minimum Gasteiger partial charge on any atom is -0.486 e. The van der Waals surface area contributed by atoms with Crippen LogP contribution in [-0.2, 0) is 13.2 Å². The normalized spacial score (nSPS) is 10.9. The zero-order valence-electron chi connectivity index (χ0n) is 16.0. The molecule has 0 unspecified atom stereocenters. The lowest BCUT2D eigenvalue weighted by atomic mass is 10.2. The average Bonchev–Trinajstić information content (AvgIpc) is 3.22. The number of hydrogen-bond acceptors (Lipinski definition) is 6. The van der Waals surface area contributed by atoms with E-state index in [1.807, 2.05) is 6.07 Å². The van der Waals surface area contributed by atoms with Crippen molar-refractivity contribution in [1.82, 2.24) is 19.9 Å². The predicted molar refractivity (Wildman–Crippen MR) is 116 cm³/mol. The Hall–Kier alpha value is -3.23. The number of H-pyrrole nitrogens is 1. The molecule has 2 aromatic carbocycles. The molecule has 30 heavy (non-hydrogen) atoms. The Balaban J connectivity index is 1.42. The molecule has 0 aliphatic heterocycles. The summed E-state index contributed by atoms with van der Waals surface area (Å²) < 4.78 is 5.66. The molecule has 2 heterocycles. The van der Waals surface area contributed by atoms with E-state index in [1.54, 1.807) is 54.9 Å². The molecule has 9 heteroatoms. The number of halogens is 1. The van der Waals surface area contributed by atoms with Crippen LogP contribution in [0.5, 0.6) is 5.75 Å². The first-order chi connectivity index (χ1) is 14.5. The number of aromatic amines is 1. The molecule has 7 nitrogen and oxygen atoms in total. The van der Waals surface area contributed by atoms with Gasteiger partial charge in [-0.3, -0.25) is 9.59 Å². The first-order valence-electron chi connectivity index (χ1n) is 9.06. The Labute approximate surface area is 180 Å².